The van der Waals surface area contributed by atoms with E-state index in [1.54, 1.807) is 18.4 Å². The lowest BCUT2D eigenvalue weighted by Gasteiger charge is -2.21. The van der Waals surface area contributed by atoms with E-state index in [4.69, 9.17) is 15.2 Å². The third-order valence-corrected chi connectivity index (χ3v) is 3.90. The first-order valence-electron chi connectivity index (χ1n) is 6.23. The van der Waals surface area contributed by atoms with E-state index in [1.165, 1.54) is 4.88 Å². The Kier molecular flexibility index (Phi) is 4.45. The molecule has 2 rings (SSSR count). The molecular weight excluding hydrogens is 258 g/mol. The molecule has 0 saturated carbocycles. The van der Waals surface area contributed by atoms with Crippen molar-refractivity contribution in [3.05, 3.63) is 46.2 Å². The maximum atomic E-state index is 6.04. The molecule has 1 heterocycles. The lowest BCUT2D eigenvalue weighted by molar-refractivity contribution is 0.184. The molecule has 0 aliphatic rings. The molecule has 2 aromatic rings. The van der Waals surface area contributed by atoms with Gasteiger partial charge in [0.25, 0.3) is 0 Å². The second-order valence-electron chi connectivity index (χ2n) is 4.52. The second kappa shape index (κ2) is 6.08. The van der Waals surface area contributed by atoms with Gasteiger partial charge in [0.2, 0.25) is 0 Å². The fourth-order valence-electron chi connectivity index (χ4n) is 1.83. The Morgan fingerprint density at radius 3 is 2.16 bits per heavy atom. The fraction of sp³-hybridized carbons (Fsp3) is 0.333. The number of thiophene rings is 1. The van der Waals surface area contributed by atoms with Crippen molar-refractivity contribution in [2.75, 3.05) is 7.11 Å². The molecule has 0 aliphatic carbocycles. The molecule has 2 atom stereocenters. The van der Waals surface area contributed by atoms with Gasteiger partial charge in [0, 0.05) is 15.8 Å². The fourth-order valence-corrected chi connectivity index (χ4v) is 2.85. The molecule has 3 nitrogen and oxygen atoms in total. The summed E-state index contributed by atoms with van der Waals surface area (Å²) in [6.45, 7) is 4.04. The monoisotopic (exact) mass is 277 g/mol. The van der Waals surface area contributed by atoms with E-state index in [9.17, 15) is 0 Å². The molecule has 0 fully saturated rings. The number of hydrogen-bond donors (Lipinski definition) is 1. The lowest BCUT2D eigenvalue weighted by Crippen LogP contribution is -2.28. The summed E-state index contributed by atoms with van der Waals surface area (Å²) < 4.78 is 11.1. The highest BCUT2D eigenvalue weighted by Gasteiger charge is 2.19. The van der Waals surface area contributed by atoms with Crippen LogP contribution in [-0.4, -0.2) is 13.2 Å². The molecule has 102 valence electrons. The van der Waals surface area contributed by atoms with Crippen LogP contribution < -0.4 is 15.2 Å². The standard InChI is InChI=1S/C15H19NO2S/c1-10-4-9-14(19-10)15(11(2)16)18-13-7-5-12(17-3)6-8-13/h4-9,11,15H,16H2,1-3H3. The van der Waals surface area contributed by atoms with E-state index in [-0.39, 0.29) is 12.1 Å². The summed E-state index contributed by atoms with van der Waals surface area (Å²) >= 11 is 1.72. The van der Waals surface area contributed by atoms with Gasteiger partial charge in [-0.15, -0.1) is 11.3 Å². The number of methoxy groups -OCH3 is 1. The van der Waals surface area contributed by atoms with E-state index in [0.29, 0.717) is 0 Å². The van der Waals surface area contributed by atoms with Gasteiger partial charge in [-0.3, -0.25) is 0 Å². The zero-order valence-corrected chi connectivity index (χ0v) is 12.2. The minimum atomic E-state index is -0.118. The summed E-state index contributed by atoms with van der Waals surface area (Å²) in [6.07, 6.45) is -0.118. The normalized spacial score (nSPS) is 13.9. The number of hydrogen-bond acceptors (Lipinski definition) is 4. The number of benzene rings is 1. The summed E-state index contributed by atoms with van der Waals surface area (Å²) in [7, 11) is 1.65. The average molecular weight is 277 g/mol. The maximum absolute atomic E-state index is 6.04. The smallest absolute Gasteiger partial charge is 0.148 e. The molecule has 0 amide bonds. The molecule has 4 heteroatoms. The van der Waals surface area contributed by atoms with E-state index in [2.05, 4.69) is 19.1 Å². The van der Waals surface area contributed by atoms with E-state index in [1.807, 2.05) is 31.2 Å². The summed E-state index contributed by atoms with van der Waals surface area (Å²) in [5, 5.41) is 0. The van der Waals surface area contributed by atoms with Crippen LogP contribution in [0.4, 0.5) is 0 Å². The van der Waals surface area contributed by atoms with Crippen LogP contribution in [0.5, 0.6) is 11.5 Å². The number of rotatable bonds is 5. The first kappa shape index (κ1) is 13.9. The highest BCUT2D eigenvalue weighted by molar-refractivity contribution is 7.12. The predicted octanol–water partition coefficient (Wildman–Crippen LogP) is 3.53. The van der Waals surface area contributed by atoms with Gasteiger partial charge < -0.3 is 15.2 Å². The molecule has 19 heavy (non-hydrogen) atoms. The lowest BCUT2D eigenvalue weighted by atomic mass is 10.1. The summed E-state index contributed by atoms with van der Waals surface area (Å²) in [5.41, 5.74) is 6.04. The van der Waals surface area contributed by atoms with Gasteiger partial charge in [-0.2, -0.15) is 0 Å². The van der Waals surface area contributed by atoms with Crippen LogP contribution in [-0.2, 0) is 0 Å². The molecule has 1 aromatic heterocycles. The highest BCUT2D eigenvalue weighted by Crippen LogP contribution is 2.30. The van der Waals surface area contributed by atoms with Crippen molar-refractivity contribution < 1.29 is 9.47 Å². The van der Waals surface area contributed by atoms with Gasteiger partial charge in [0.05, 0.1) is 7.11 Å². The quantitative estimate of drug-likeness (QED) is 0.909. The van der Waals surface area contributed by atoms with Crippen LogP contribution >= 0.6 is 11.3 Å². The molecule has 0 spiro atoms. The Morgan fingerprint density at radius 1 is 1.05 bits per heavy atom. The molecule has 1 aromatic carbocycles. The van der Waals surface area contributed by atoms with Crippen LogP contribution in [0, 0.1) is 6.92 Å². The summed E-state index contributed by atoms with van der Waals surface area (Å²) in [5.74, 6) is 1.62. The third-order valence-electron chi connectivity index (χ3n) is 2.84. The largest absolute Gasteiger partial charge is 0.497 e. The zero-order chi connectivity index (χ0) is 13.8. The van der Waals surface area contributed by atoms with Gasteiger partial charge in [-0.25, -0.2) is 0 Å². The van der Waals surface area contributed by atoms with Crippen LogP contribution in [0.3, 0.4) is 0 Å². The first-order chi connectivity index (χ1) is 9.10. The Morgan fingerprint density at radius 2 is 1.68 bits per heavy atom. The SMILES string of the molecule is COc1ccc(OC(c2ccc(C)s2)C(C)N)cc1. The van der Waals surface area contributed by atoms with E-state index in [0.717, 1.165) is 16.4 Å². The molecule has 2 N–H and O–H groups in total. The van der Waals surface area contributed by atoms with Gasteiger partial charge in [-0.1, -0.05) is 0 Å². The molecular formula is C15H19NO2S. The second-order valence-corrected chi connectivity index (χ2v) is 5.84. The Bertz CT molecular complexity index is 519. The first-order valence-corrected chi connectivity index (χ1v) is 7.04. The third kappa shape index (κ3) is 3.49. The topological polar surface area (TPSA) is 44.5 Å². The molecule has 0 saturated heterocycles. The van der Waals surface area contributed by atoms with Gasteiger partial charge in [-0.05, 0) is 50.2 Å². The van der Waals surface area contributed by atoms with Crippen LogP contribution in [0.25, 0.3) is 0 Å². The molecule has 0 aliphatic heterocycles. The molecule has 0 radical (unpaired) electrons. The van der Waals surface area contributed by atoms with Crippen LogP contribution in [0.1, 0.15) is 22.8 Å². The Labute approximate surface area is 118 Å². The van der Waals surface area contributed by atoms with Crippen molar-refractivity contribution in [3.63, 3.8) is 0 Å². The molecule has 0 bridgehead atoms. The number of aryl methyl sites for hydroxylation is 1. The average Bonchev–Trinajstić information content (AvgIpc) is 2.82. The van der Waals surface area contributed by atoms with Crippen molar-refractivity contribution >= 4 is 11.3 Å². The van der Waals surface area contributed by atoms with Crippen molar-refractivity contribution in [2.24, 2.45) is 5.73 Å². The summed E-state index contributed by atoms with van der Waals surface area (Å²) in [4.78, 5) is 2.42. The van der Waals surface area contributed by atoms with Crippen molar-refractivity contribution in [2.45, 2.75) is 26.0 Å². The summed E-state index contributed by atoms with van der Waals surface area (Å²) in [6, 6.07) is 11.7. The highest BCUT2D eigenvalue weighted by atomic mass is 32.1. The van der Waals surface area contributed by atoms with Crippen molar-refractivity contribution in [3.8, 4) is 11.5 Å². The van der Waals surface area contributed by atoms with Crippen LogP contribution in [0.15, 0.2) is 36.4 Å². The number of ether oxygens (including phenoxy) is 2. The van der Waals surface area contributed by atoms with E-state index >= 15 is 0 Å². The number of nitrogens with two attached hydrogens (primary N) is 1. The minimum Gasteiger partial charge on any atom is -0.497 e. The van der Waals surface area contributed by atoms with Crippen molar-refractivity contribution in [1.29, 1.82) is 0 Å². The molecule has 2 unspecified atom stereocenters. The minimum absolute atomic E-state index is 0.0693. The van der Waals surface area contributed by atoms with Crippen molar-refractivity contribution in [1.82, 2.24) is 0 Å². The van der Waals surface area contributed by atoms with Gasteiger partial charge >= 0.3 is 0 Å². The predicted molar refractivity (Wildman–Crippen MR) is 79.1 cm³/mol. The zero-order valence-electron chi connectivity index (χ0n) is 11.4. The van der Waals surface area contributed by atoms with Gasteiger partial charge in [0.1, 0.15) is 17.6 Å². The Hall–Kier alpha value is -1.52. The Balaban J connectivity index is 2.16. The van der Waals surface area contributed by atoms with Gasteiger partial charge in [0.15, 0.2) is 0 Å². The maximum Gasteiger partial charge on any atom is 0.148 e. The van der Waals surface area contributed by atoms with E-state index < -0.39 is 0 Å². The van der Waals surface area contributed by atoms with Crippen LogP contribution in [0.2, 0.25) is 0 Å².